The van der Waals surface area contributed by atoms with Crippen molar-refractivity contribution in [2.24, 2.45) is 0 Å². The van der Waals surface area contributed by atoms with Crippen molar-refractivity contribution in [2.45, 2.75) is 99.6 Å². The van der Waals surface area contributed by atoms with Crippen molar-refractivity contribution in [1.82, 2.24) is 20.0 Å². The number of carbonyl (C=O) groups is 3. The molecule has 2 aromatic carbocycles. The Kier molecular flexibility index (Phi) is 18.1. The van der Waals surface area contributed by atoms with Gasteiger partial charge in [0.1, 0.15) is 11.5 Å². The minimum Gasteiger partial charge on any atom is -0.452 e. The molecule has 396 valence electrons. The van der Waals surface area contributed by atoms with Crippen LogP contribution in [0.1, 0.15) is 47.9 Å². The molecule has 6 rings (SSSR count). The summed E-state index contributed by atoms with van der Waals surface area (Å²) in [6.07, 6.45) is -40.9. The summed E-state index contributed by atoms with van der Waals surface area (Å²) in [5.74, 6) is -2.56. The highest BCUT2D eigenvalue weighted by Gasteiger charge is 2.60. The van der Waals surface area contributed by atoms with E-state index in [2.05, 4.69) is 15.0 Å². The predicted molar refractivity (Wildman–Crippen MR) is 198 cm³/mol. The summed E-state index contributed by atoms with van der Waals surface area (Å²) in [6, 6.07) is 6.58. The largest absolute Gasteiger partial charge is 0.452 e. The molecule has 0 aromatic heterocycles. The lowest BCUT2D eigenvalue weighted by atomic mass is 10.1. The summed E-state index contributed by atoms with van der Waals surface area (Å²) in [5, 5.41) is 10.7. The molecule has 0 spiro atoms. The lowest BCUT2D eigenvalue weighted by molar-refractivity contribution is -0.309. The highest BCUT2D eigenvalue weighted by atomic mass is 19.4. The van der Waals surface area contributed by atoms with Crippen LogP contribution in [0, 0.1) is 0 Å². The second kappa shape index (κ2) is 22.1. The molecule has 13 nitrogen and oxygen atoms in total. The van der Waals surface area contributed by atoms with Gasteiger partial charge in [-0.3, -0.25) is 19.4 Å². The van der Waals surface area contributed by atoms with Crippen LogP contribution in [0.4, 0.5) is 83.8 Å². The highest BCUT2D eigenvalue weighted by Crippen LogP contribution is 2.44. The minimum absolute atomic E-state index is 0.0670. The van der Waals surface area contributed by atoms with E-state index in [9.17, 15) is 93.4 Å². The number of nitrogens with one attached hydrogen (secondary N) is 1. The van der Waals surface area contributed by atoms with Gasteiger partial charge < -0.3 is 39.0 Å². The molecule has 31 heteroatoms. The van der Waals surface area contributed by atoms with Gasteiger partial charge in [0, 0.05) is 91.1 Å². The molecular weight excluding hydrogens is 1010 g/mol. The van der Waals surface area contributed by atoms with Crippen LogP contribution in [0.25, 0.3) is 0 Å². The molecule has 2 N–H and O–H groups in total. The number of ether oxygens (including phenoxy) is 5. The zero-order valence-corrected chi connectivity index (χ0v) is 35.5. The maximum Gasteiger partial charge on any atom is 0.434 e. The maximum absolute atomic E-state index is 13.4. The van der Waals surface area contributed by atoms with Crippen LogP contribution in [0.2, 0.25) is 0 Å². The van der Waals surface area contributed by atoms with Gasteiger partial charge in [0.2, 0.25) is 6.10 Å². The first-order valence-corrected chi connectivity index (χ1v) is 20.2. The monoisotopic (exact) mass is 1050 g/mol. The molecule has 0 atom stereocenters. The number of rotatable bonds is 13. The normalized spacial score (nSPS) is 18.7. The van der Waals surface area contributed by atoms with Crippen LogP contribution in [-0.2, 0) is 49.2 Å². The Morgan fingerprint density at radius 1 is 0.571 bits per heavy atom. The van der Waals surface area contributed by atoms with E-state index in [0.717, 1.165) is 50.4 Å². The topological polar surface area (TPSA) is 139 Å². The first kappa shape index (κ1) is 57.4. The van der Waals surface area contributed by atoms with Crippen LogP contribution in [0.5, 0.6) is 11.5 Å². The lowest BCUT2D eigenvalue weighted by Crippen LogP contribution is -2.52. The molecule has 4 fully saturated rings. The highest BCUT2D eigenvalue weighted by molar-refractivity contribution is 5.68. The SMILES string of the molecule is O=COC1(Oc2cc(CN3CCN(C(=O)OC(C(F)(F)F)C(F)(F)F)CC3)cc(C(F)(F)F)c2)CC1.O=COC1(Oc2cc(CN3CCNCC3)cc(C(F)(F)F)c2)CC1.OC(C(F)(F)F)C(F)(F)F. The summed E-state index contributed by atoms with van der Waals surface area (Å²) in [7, 11) is 0. The third-order valence-electron chi connectivity index (χ3n) is 10.1. The molecule has 0 radical (unpaired) electrons. The molecule has 1 amide bonds. The van der Waals surface area contributed by atoms with Crippen molar-refractivity contribution in [3.8, 4) is 11.5 Å². The van der Waals surface area contributed by atoms with Crippen molar-refractivity contribution < 1.29 is 122 Å². The smallest absolute Gasteiger partial charge is 0.434 e. The second-order valence-electron chi connectivity index (χ2n) is 15.8. The van der Waals surface area contributed by atoms with Crippen molar-refractivity contribution in [1.29, 1.82) is 0 Å². The third kappa shape index (κ3) is 17.6. The molecule has 2 aliphatic carbocycles. The third-order valence-corrected chi connectivity index (χ3v) is 10.1. The number of benzene rings is 2. The van der Waals surface area contributed by atoms with Gasteiger partial charge in [0.25, 0.3) is 30.6 Å². The Morgan fingerprint density at radius 2 is 0.943 bits per heavy atom. The van der Waals surface area contributed by atoms with E-state index in [1.54, 1.807) is 11.0 Å². The number of alkyl halides is 18. The number of aliphatic hydroxyl groups excluding tert-OH is 1. The van der Waals surface area contributed by atoms with E-state index in [1.165, 1.54) is 6.07 Å². The molecule has 2 aromatic rings. The zero-order valence-electron chi connectivity index (χ0n) is 35.5. The van der Waals surface area contributed by atoms with Gasteiger partial charge in [-0.05, 0) is 47.5 Å². The zero-order chi connectivity index (χ0) is 52.7. The van der Waals surface area contributed by atoms with Gasteiger partial charge in [-0.25, -0.2) is 4.79 Å². The second-order valence-corrected chi connectivity index (χ2v) is 15.8. The average Bonchev–Trinajstić information content (AvgIpc) is 4.16. The van der Waals surface area contributed by atoms with Crippen LogP contribution < -0.4 is 14.8 Å². The minimum atomic E-state index is -5.85. The Labute approximate surface area is 383 Å². The number of piperazine rings is 2. The maximum atomic E-state index is 13.4. The summed E-state index contributed by atoms with van der Waals surface area (Å²) in [6.45, 7) is 3.14. The molecule has 2 saturated heterocycles. The fourth-order valence-electron chi connectivity index (χ4n) is 6.40. The number of amides is 1. The average molecular weight is 1050 g/mol. The Morgan fingerprint density at radius 3 is 1.24 bits per heavy atom. The first-order valence-electron chi connectivity index (χ1n) is 20.2. The lowest BCUT2D eigenvalue weighted by Gasteiger charge is -2.35. The van der Waals surface area contributed by atoms with E-state index >= 15 is 0 Å². The number of hydrogen-bond acceptors (Lipinski definition) is 12. The van der Waals surface area contributed by atoms with E-state index in [1.807, 2.05) is 0 Å². The summed E-state index contributed by atoms with van der Waals surface area (Å²) >= 11 is 0. The van der Waals surface area contributed by atoms with E-state index < -0.39 is 78.1 Å². The molecular formula is C39H40F18N4O9. The molecule has 0 unspecified atom stereocenters. The Bertz CT molecular complexity index is 2030. The van der Waals surface area contributed by atoms with E-state index in [4.69, 9.17) is 24.1 Å². The standard InChI is InChI=1S/C20H19F9N2O5.C16H19F3N2O3.C3H2F6O/c21-18(22,23)13-7-12(8-14(9-13)36-17(1-2-17)34-11-32)10-30-3-5-31(6-4-30)16(33)35-15(19(24,25)26)20(27,28)29;17-16(18,19)13-7-12(10-21-5-3-20-4-6-21)8-14(9-13)24-15(1-2-15)23-11-22;4-2(5,6)1(10)3(7,8)9/h7-9,11,15H,1-6,10H2;7-9,11,20H,1-6,10H2;1,10H. The van der Waals surface area contributed by atoms with Gasteiger partial charge in [0.15, 0.2) is 0 Å². The Hall–Kier alpha value is -5.17. The van der Waals surface area contributed by atoms with Gasteiger partial charge in [0.05, 0.1) is 11.1 Å². The van der Waals surface area contributed by atoms with Gasteiger partial charge in [-0.1, -0.05) is 0 Å². The van der Waals surface area contributed by atoms with Crippen LogP contribution in [0.15, 0.2) is 36.4 Å². The quantitative estimate of drug-likeness (QED) is 0.0868. The number of aliphatic hydroxyl groups is 1. The molecule has 4 aliphatic rings. The summed E-state index contributed by atoms with van der Waals surface area (Å²) in [4.78, 5) is 37.3. The van der Waals surface area contributed by atoms with Gasteiger partial charge in [-0.15, -0.1) is 0 Å². The molecule has 2 saturated carbocycles. The van der Waals surface area contributed by atoms with Crippen molar-refractivity contribution in [3.05, 3.63) is 58.7 Å². The molecule has 2 aliphatic heterocycles. The van der Waals surface area contributed by atoms with Crippen molar-refractivity contribution >= 4 is 19.0 Å². The number of carbonyl (C=O) groups excluding carboxylic acids is 3. The van der Waals surface area contributed by atoms with Crippen LogP contribution >= 0.6 is 0 Å². The fraction of sp³-hybridized carbons (Fsp3) is 0.615. The number of hydrogen-bond donors (Lipinski definition) is 2. The number of halogens is 18. The van der Waals surface area contributed by atoms with Crippen LogP contribution in [-0.4, -0.2) is 140 Å². The summed E-state index contributed by atoms with van der Waals surface area (Å²) < 4.78 is 245. The van der Waals surface area contributed by atoms with Gasteiger partial charge >= 0.3 is 43.2 Å². The van der Waals surface area contributed by atoms with Crippen LogP contribution in [0.3, 0.4) is 0 Å². The van der Waals surface area contributed by atoms with Gasteiger partial charge in [-0.2, -0.15) is 79.0 Å². The van der Waals surface area contributed by atoms with Crippen molar-refractivity contribution in [3.63, 3.8) is 0 Å². The molecule has 70 heavy (non-hydrogen) atoms. The number of nitrogens with zero attached hydrogens (tertiary/aromatic N) is 3. The van der Waals surface area contributed by atoms with E-state index in [0.29, 0.717) is 42.7 Å². The Balaban J connectivity index is 0.000000268. The molecule has 2 heterocycles. The predicted octanol–water partition coefficient (Wildman–Crippen LogP) is 8.12. The van der Waals surface area contributed by atoms with Crippen molar-refractivity contribution in [2.75, 3.05) is 52.4 Å². The summed E-state index contributed by atoms with van der Waals surface area (Å²) in [5.41, 5.74) is -1.13. The van der Waals surface area contributed by atoms with E-state index in [-0.39, 0.29) is 62.7 Å². The molecule has 0 bridgehead atoms. The fourth-order valence-corrected chi connectivity index (χ4v) is 6.40. The first-order chi connectivity index (χ1) is 32.1.